The van der Waals surface area contributed by atoms with Gasteiger partial charge in [0.1, 0.15) is 0 Å². The van der Waals surface area contributed by atoms with Gasteiger partial charge in [0.15, 0.2) is 0 Å². The van der Waals surface area contributed by atoms with Gasteiger partial charge in [0, 0.05) is 61.6 Å². The number of carbonyl (C=O) groups is 2. The zero-order valence-corrected chi connectivity index (χ0v) is 20.7. The molecule has 2 aliphatic rings. The van der Waals surface area contributed by atoms with Gasteiger partial charge in [-0.15, -0.1) is 0 Å². The van der Waals surface area contributed by atoms with E-state index in [0.717, 1.165) is 79.0 Å². The van der Waals surface area contributed by atoms with E-state index in [0.29, 0.717) is 17.9 Å². The van der Waals surface area contributed by atoms with Crippen molar-refractivity contribution < 1.29 is 14.7 Å². The van der Waals surface area contributed by atoms with Gasteiger partial charge >= 0.3 is 5.97 Å². The van der Waals surface area contributed by atoms with Crippen molar-refractivity contribution in [3.8, 4) is 0 Å². The maximum Gasteiger partial charge on any atom is 0.303 e. The van der Waals surface area contributed by atoms with E-state index in [-0.39, 0.29) is 5.91 Å². The van der Waals surface area contributed by atoms with Crippen LogP contribution in [0.15, 0.2) is 42.7 Å². The molecule has 1 aliphatic heterocycles. The predicted molar refractivity (Wildman–Crippen MR) is 137 cm³/mol. The topological polar surface area (TPSA) is 95.4 Å². The lowest BCUT2D eigenvalue weighted by Gasteiger charge is -2.28. The highest BCUT2D eigenvalue weighted by Crippen LogP contribution is 2.38. The fraction of sp³-hybridized carbons (Fsp3) is 0.407. The summed E-state index contributed by atoms with van der Waals surface area (Å²) < 4.78 is 0. The maximum absolute atomic E-state index is 12.9. The number of pyridine rings is 2. The third-order valence-corrected chi connectivity index (χ3v) is 6.99. The Balaban J connectivity index is 0.000000431. The van der Waals surface area contributed by atoms with Crippen molar-refractivity contribution in [2.24, 2.45) is 0 Å². The van der Waals surface area contributed by atoms with Gasteiger partial charge in [-0.1, -0.05) is 30.7 Å². The summed E-state index contributed by atoms with van der Waals surface area (Å²) in [4.78, 5) is 33.6. The molecule has 2 aromatic heterocycles. The number of carbonyl (C=O) groups excluding carboxylic acids is 1. The maximum atomic E-state index is 12.9. The molecule has 3 heterocycles. The number of carboxylic acids is 1. The molecular weight excluding hydrogens is 464 g/mol. The molecule has 1 amide bonds. The van der Waals surface area contributed by atoms with Crippen LogP contribution in [0.3, 0.4) is 0 Å². The monoisotopic (exact) mass is 494 g/mol. The third-order valence-electron chi connectivity index (χ3n) is 6.56. The number of carboxylic acid groups (broad SMARTS) is 1. The minimum atomic E-state index is -0.711. The number of fused-ring (bicyclic) bond motifs is 2. The number of amides is 1. The van der Waals surface area contributed by atoms with Gasteiger partial charge in [-0.25, -0.2) is 0 Å². The van der Waals surface area contributed by atoms with Crippen LogP contribution in [0.1, 0.15) is 59.3 Å². The Morgan fingerprint density at radius 2 is 2.03 bits per heavy atom. The van der Waals surface area contributed by atoms with Crippen LogP contribution in [0.25, 0.3) is 10.9 Å². The van der Waals surface area contributed by atoms with Crippen LogP contribution in [-0.2, 0) is 17.6 Å². The largest absolute Gasteiger partial charge is 0.481 e. The average Bonchev–Trinajstić information content (AvgIpc) is 2.89. The molecule has 2 N–H and O–H groups in total. The van der Waals surface area contributed by atoms with Crippen molar-refractivity contribution >= 4 is 34.4 Å². The van der Waals surface area contributed by atoms with Crippen LogP contribution in [0.4, 0.5) is 0 Å². The van der Waals surface area contributed by atoms with Crippen LogP contribution in [0.5, 0.6) is 0 Å². The average molecular weight is 495 g/mol. The number of aromatic nitrogens is 2. The summed E-state index contributed by atoms with van der Waals surface area (Å²) in [6.07, 6.45) is 7.59. The molecule has 184 valence electrons. The van der Waals surface area contributed by atoms with E-state index in [9.17, 15) is 9.59 Å². The van der Waals surface area contributed by atoms with E-state index in [1.807, 2.05) is 42.3 Å². The lowest BCUT2D eigenvalue weighted by atomic mass is 9.82. The second-order valence-corrected chi connectivity index (χ2v) is 9.37. The summed E-state index contributed by atoms with van der Waals surface area (Å²) in [7, 11) is 0. The lowest BCUT2D eigenvalue weighted by molar-refractivity contribution is -0.137. The molecule has 1 aromatic carbocycles. The molecular formula is C27H31ClN4O3. The van der Waals surface area contributed by atoms with Gasteiger partial charge in [0.25, 0.3) is 5.91 Å². The Kier molecular flexibility index (Phi) is 8.31. The van der Waals surface area contributed by atoms with E-state index >= 15 is 0 Å². The normalized spacial score (nSPS) is 17.3. The van der Waals surface area contributed by atoms with E-state index in [1.165, 1.54) is 5.56 Å². The number of hydrogen-bond donors (Lipinski definition) is 2. The van der Waals surface area contributed by atoms with Crippen LogP contribution in [0, 0.1) is 0 Å². The van der Waals surface area contributed by atoms with Crippen LogP contribution < -0.4 is 5.32 Å². The van der Waals surface area contributed by atoms with E-state index < -0.39 is 5.97 Å². The first kappa shape index (κ1) is 25.1. The van der Waals surface area contributed by atoms with Gasteiger partial charge in [0.05, 0.1) is 10.5 Å². The van der Waals surface area contributed by atoms with E-state index in [4.69, 9.17) is 21.7 Å². The number of nitrogens with one attached hydrogen (secondary N) is 1. The molecule has 1 atom stereocenters. The molecule has 1 unspecified atom stereocenters. The summed E-state index contributed by atoms with van der Waals surface area (Å²) in [6, 6.07) is 9.86. The molecule has 8 heteroatoms. The van der Waals surface area contributed by atoms with E-state index in [2.05, 4.69) is 16.4 Å². The highest BCUT2D eigenvalue weighted by molar-refractivity contribution is 6.36. The standard InChI is InChI=1S/C23H23ClN4O.C4H8O2/c24-22-18-5-3-15(17-2-1-7-26-14-17)12-20(18)27-21-13-16(4-6-19(21)22)23(29)28-10-8-25-9-11-28;1-2-3-4(5)6/h1-2,4,6-7,13-15,25H,3,5,8-12H2;2-3H2,1H3,(H,5,6). The summed E-state index contributed by atoms with van der Waals surface area (Å²) in [6.45, 7) is 5.00. The molecule has 0 bridgehead atoms. The van der Waals surface area contributed by atoms with Crippen LogP contribution >= 0.6 is 11.6 Å². The fourth-order valence-electron chi connectivity index (χ4n) is 4.69. The summed E-state index contributed by atoms with van der Waals surface area (Å²) >= 11 is 6.78. The van der Waals surface area contributed by atoms with Crippen molar-refractivity contribution in [1.82, 2.24) is 20.2 Å². The summed E-state index contributed by atoms with van der Waals surface area (Å²) in [5.41, 5.74) is 4.94. The van der Waals surface area contributed by atoms with Crippen molar-refractivity contribution in [2.75, 3.05) is 26.2 Å². The molecule has 35 heavy (non-hydrogen) atoms. The summed E-state index contributed by atoms with van der Waals surface area (Å²) in [5, 5.41) is 12.9. The first-order chi connectivity index (χ1) is 17.0. The Morgan fingerprint density at radius 3 is 2.69 bits per heavy atom. The Morgan fingerprint density at radius 1 is 1.23 bits per heavy atom. The third kappa shape index (κ3) is 5.97. The summed E-state index contributed by atoms with van der Waals surface area (Å²) in [5.74, 6) is -0.238. The quantitative estimate of drug-likeness (QED) is 0.555. The molecule has 0 spiro atoms. The lowest BCUT2D eigenvalue weighted by Crippen LogP contribution is -2.46. The minimum absolute atomic E-state index is 0.0669. The predicted octanol–water partition coefficient (Wildman–Crippen LogP) is 4.47. The Hall–Kier alpha value is -3.03. The van der Waals surface area contributed by atoms with E-state index in [1.54, 1.807) is 6.20 Å². The Labute approximate surface area is 210 Å². The molecule has 1 aliphatic carbocycles. The van der Waals surface area contributed by atoms with Gasteiger partial charge in [-0.2, -0.15) is 0 Å². The fourth-order valence-corrected chi connectivity index (χ4v) is 5.05. The molecule has 5 rings (SSSR count). The molecule has 1 fully saturated rings. The number of aliphatic carboxylic acids is 1. The van der Waals surface area contributed by atoms with Crippen molar-refractivity contribution in [3.63, 3.8) is 0 Å². The van der Waals surface area contributed by atoms with Gasteiger partial charge in [-0.3, -0.25) is 19.6 Å². The molecule has 7 nitrogen and oxygen atoms in total. The highest BCUT2D eigenvalue weighted by atomic mass is 35.5. The number of rotatable bonds is 4. The zero-order valence-electron chi connectivity index (χ0n) is 20.0. The highest BCUT2D eigenvalue weighted by Gasteiger charge is 2.25. The first-order valence-corrected chi connectivity index (χ1v) is 12.6. The molecule has 0 radical (unpaired) electrons. The van der Waals surface area contributed by atoms with Gasteiger partial charge < -0.3 is 15.3 Å². The van der Waals surface area contributed by atoms with Gasteiger partial charge in [0.2, 0.25) is 0 Å². The Bertz CT molecular complexity index is 1200. The van der Waals surface area contributed by atoms with Crippen molar-refractivity contribution in [3.05, 3.63) is 70.1 Å². The first-order valence-electron chi connectivity index (χ1n) is 12.2. The SMILES string of the molecule is CCCC(=O)O.O=C(c1ccc2c(Cl)c3c(nc2c1)CC(c1cccnc1)CC3)N1CCNCC1. The number of hydrogen-bond acceptors (Lipinski definition) is 5. The number of piperazine rings is 1. The second kappa shape index (κ2) is 11.6. The molecule has 3 aromatic rings. The van der Waals surface area contributed by atoms with Crippen molar-refractivity contribution in [1.29, 1.82) is 0 Å². The molecule has 0 saturated carbocycles. The zero-order chi connectivity index (χ0) is 24.8. The van der Waals surface area contributed by atoms with Crippen molar-refractivity contribution in [2.45, 2.75) is 44.9 Å². The minimum Gasteiger partial charge on any atom is -0.481 e. The van der Waals surface area contributed by atoms with Crippen LogP contribution in [-0.4, -0.2) is 58.0 Å². The number of halogens is 1. The number of benzene rings is 1. The van der Waals surface area contributed by atoms with Gasteiger partial charge in [-0.05, 0) is 60.9 Å². The number of nitrogens with zero attached hydrogens (tertiary/aromatic N) is 3. The molecule has 1 saturated heterocycles. The second-order valence-electron chi connectivity index (χ2n) is 8.99. The smallest absolute Gasteiger partial charge is 0.303 e. The van der Waals surface area contributed by atoms with Crippen LogP contribution in [0.2, 0.25) is 5.02 Å².